The van der Waals surface area contributed by atoms with Gasteiger partial charge in [0, 0.05) is 29.7 Å². The second-order valence-corrected chi connectivity index (χ2v) is 8.43. The predicted octanol–water partition coefficient (Wildman–Crippen LogP) is 3.27. The summed E-state index contributed by atoms with van der Waals surface area (Å²) in [5.41, 5.74) is 1.13. The molecule has 7 nitrogen and oxygen atoms in total. The average Bonchev–Trinajstić information content (AvgIpc) is 3.07. The van der Waals surface area contributed by atoms with E-state index in [1.54, 1.807) is 53.4 Å². The van der Waals surface area contributed by atoms with Gasteiger partial charge in [0.1, 0.15) is 5.75 Å². The van der Waals surface area contributed by atoms with Crippen molar-refractivity contribution in [1.82, 2.24) is 10.2 Å². The Morgan fingerprint density at radius 2 is 1.84 bits per heavy atom. The van der Waals surface area contributed by atoms with Crippen molar-refractivity contribution in [3.63, 3.8) is 0 Å². The lowest BCUT2D eigenvalue weighted by atomic mass is 10.0. The zero-order chi connectivity index (χ0) is 22.7. The third kappa shape index (κ3) is 4.79. The normalized spacial score (nSPS) is 19.5. The number of halogens is 1. The second kappa shape index (κ2) is 9.71. The van der Waals surface area contributed by atoms with Crippen molar-refractivity contribution in [1.29, 1.82) is 0 Å². The van der Waals surface area contributed by atoms with Gasteiger partial charge in [0.25, 0.3) is 11.8 Å². The van der Waals surface area contributed by atoms with Crippen molar-refractivity contribution in [2.24, 2.45) is 0 Å². The first-order chi connectivity index (χ1) is 15.5. The molecule has 2 fully saturated rings. The van der Waals surface area contributed by atoms with Crippen LogP contribution >= 0.6 is 11.6 Å². The largest absolute Gasteiger partial charge is 0.494 e. The summed E-state index contributed by atoms with van der Waals surface area (Å²) in [5, 5.41) is 3.88. The fourth-order valence-electron chi connectivity index (χ4n) is 4.23. The minimum Gasteiger partial charge on any atom is -0.494 e. The molecule has 3 amide bonds. The highest BCUT2D eigenvalue weighted by Crippen LogP contribution is 2.26. The number of hydrogen-bond acceptors (Lipinski definition) is 5. The Kier molecular flexibility index (Phi) is 6.77. The van der Waals surface area contributed by atoms with Gasteiger partial charge in [-0.25, -0.2) is 4.90 Å². The van der Waals surface area contributed by atoms with E-state index in [-0.39, 0.29) is 30.2 Å². The first-order valence-corrected chi connectivity index (χ1v) is 11.2. The van der Waals surface area contributed by atoms with Crippen LogP contribution < -0.4 is 15.0 Å². The highest BCUT2D eigenvalue weighted by atomic mass is 35.5. The summed E-state index contributed by atoms with van der Waals surface area (Å²) in [6.07, 6.45) is 1.56. The number of carbonyl (C=O) groups is 3. The number of rotatable bonds is 6. The Morgan fingerprint density at radius 3 is 2.50 bits per heavy atom. The maximum Gasteiger partial charge on any atom is 0.253 e. The first-order valence-electron chi connectivity index (χ1n) is 10.9. The molecule has 0 spiro atoms. The lowest BCUT2D eigenvalue weighted by molar-refractivity contribution is -0.121. The van der Waals surface area contributed by atoms with Crippen LogP contribution in [0, 0.1) is 0 Å². The van der Waals surface area contributed by atoms with Gasteiger partial charge in [0.2, 0.25) is 5.91 Å². The Labute approximate surface area is 192 Å². The minimum absolute atomic E-state index is 0.0419. The molecular formula is C24H26ClN3O4. The van der Waals surface area contributed by atoms with Crippen molar-refractivity contribution in [3.05, 3.63) is 59.1 Å². The molecule has 2 aliphatic heterocycles. The SMILES string of the molecule is CCOc1ccc(N2C(=O)CC(NC3CCN(C(=O)c4cccc(Cl)c4)CC3)C2=O)cc1. The number of ether oxygens (including phenoxy) is 1. The number of benzene rings is 2. The lowest BCUT2D eigenvalue weighted by Crippen LogP contribution is -2.49. The summed E-state index contributed by atoms with van der Waals surface area (Å²) in [6.45, 7) is 3.62. The predicted molar refractivity (Wildman–Crippen MR) is 122 cm³/mol. The Hall–Kier alpha value is -2.90. The van der Waals surface area contributed by atoms with Gasteiger partial charge in [0.15, 0.2) is 0 Å². The smallest absolute Gasteiger partial charge is 0.253 e. The fourth-order valence-corrected chi connectivity index (χ4v) is 4.42. The molecule has 0 aromatic heterocycles. The van der Waals surface area contributed by atoms with E-state index in [2.05, 4.69) is 5.32 Å². The number of nitrogens with one attached hydrogen (secondary N) is 1. The average molecular weight is 456 g/mol. The number of carbonyl (C=O) groups excluding carboxylic acids is 3. The standard InChI is InChI=1S/C24H26ClN3O4/c1-2-32-20-8-6-19(7-9-20)28-22(29)15-21(24(28)31)26-18-10-12-27(13-11-18)23(30)16-4-3-5-17(25)14-16/h3-9,14,18,21,26H,2,10-13,15H2,1H3. The van der Waals surface area contributed by atoms with Gasteiger partial charge in [-0.1, -0.05) is 17.7 Å². The number of amides is 3. The van der Waals surface area contributed by atoms with Gasteiger partial charge in [0.05, 0.1) is 24.8 Å². The van der Waals surface area contributed by atoms with E-state index < -0.39 is 6.04 Å². The van der Waals surface area contributed by atoms with E-state index in [0.29, 0.717) is 54.6 Å². The second-order valence-electron chi connectivity index (χ2n) is 7.99. The summed E-state index contributed by atoms with van der Waals surface area (Å²) in [7, 11) is 0. The molecule has 32 heavy (non-hydrogen) atoms. The van der Waals surface area contributed by atoms with E-state index in [9.17, 15) is 14.4 Å². The van der Waals surface area contributed by atoms with Crippen LogP contribution in [0.1, 0.15) is 36.5 Å². The Morgan fingerprint density at radius 1 is 1.12 bits per heavy atom. The van der Waals surface area contributed by atoms with Gasteiger partial charge in [-0.05, 0) is 62.2 Å². The molecule has 2 saturated heterocycles. The molecule has 4 rings (SSSR count). The summed E-state index contributed by atoms with van der Waals surface area (Å²) in [5.74, 6) is 0.200. The van der Waals surface area contributed by atoms with Crippen LogP contribution in [0.4, 0.5) is 5.69 Å². The Balaban J connectivity index is 1.33. The monoisotopic (exact) mass is 455 g/mol. The van der Waals surface area contributed by atoms with Gasteiger partial charge >= 0.3 is 0 Å². The van der Waals surface area contributed by atoms with Gasteiger partial charge < -0.3 is 15.0 Å². The molecule has 0 radical (unpaired) electrons. The van der Waals surface area contributed by atoms with Crippen molar-refractivity contribution < 1.29 is 19.1 Å². The summed E-state index contributed by atoms with van der Waals surface area (Å²) < 4.78 is 5.42. The highest BCUT2D eigenvalue weighted by Gasteiger charge is 2.40. The number of anilines is 1. The lowest BCUT2D eigenvalue weighted by Gasteiger charge is -2.33. The topological polar surface area (TPSA) is 79.0 Å². The van der Waals surface area contributed by atoms with Crippen LogP contribution in [-0.4, -0.2) is 54.4 Å². The van der Waals surface area contributed by atoms with E-state index in [1.807, 2.05) is 6.92 Å². The first kappa shape index (κ1) is 22.3. The van der Waals surface area contributed by atoms with Crippen molar-refractivity contribution in [2.45, 2.75) is 38.3 Å². The number of nitrogens with zero attached hydrogens (tertiary/aromatic N) is 2. The molecule has 0 bridgehead atoms. The zero-order valence-corrected chi connectivity index (χ0v) is 18.7. The summed E-state index contributed by atoms with van der Waals surface area (Å²) in [6, 6.07) is 13.4. The number of likely N-dealkylation sites (tertiary alicyclic amines) is 1. The maximum atomic E-state index is 12.9. The molecule has 2 heterocycles. The summed E-state index contributed by atoms with van der Waals surface area (Å²) >= 11 is 6.00. The van der Waals surface area contributed by atoms with Crippen molar-refractivity contribution in [3.8, 4) is 5.75 Å². The van der Waals surface area contributed by atoms with E-state index in [0.717, 1.165) is 0 Å². The van der Waals surface area contributed by atoms with Gasteiger partial charge in [-0.2, -0.15) is 0 Å². The van der Waals surface area contributed by atoms with Crippen LogP contribution in [0.25, 0.3) is 0 Å². The summed E-state index contributed by atoms with van der Waals surface area (Å²) in [4.78, 5) is 41.2. The van der Waals surface area contributed by atoms with Gasteiger partial charge in [-0.3, -0.25) is 14.4 Å². The van der Waals surface area contributed by atoms with E-state index in [4.69, 9.17) is 16.3 Å². The molecule has 2 aliphatic rings. The van der Waals surface area contributed by atoms with Crippen molar-refractivity contribution >= 4 is 35.0 Å². The number of hydrogen-bond donors (Lipinski definition) is 1. The molecule has 168 valence electrons. The van der Waals surface area contributed by atoms with Crippen LogP contribution in [0.3, 0.4) is 0 Å². The molecule has 1 N–H and O–H groups in total. The molecule has 1 unspecified atom stereocenters. The number of piperidine rings is 1. The van der Waals surface area contributed by atoms with Crippen LogP contribution in [-0.2, 0) is 9.59 Å². The van der Waals surface area contributed by atoms with Crippen LogP contribution in [0.2, 0.25) is 5.02 Å². The molecule has 0 aliphatic carbocycles. The van der Waals surface area contributed by atoms with E-state index in [1.165, 1.54) is 4.90 Å². The molecule has 0 saturated carbocycles. The van der Waals surface area contributed by atoms with E-state index >= 15 is 0 Å². The molecule has 8 heteroatoms. The fraction of sp³-hybridized carbons (Fsp3) is 0.375. The molecule has 2 aromatic rings. The third-order valence-corrected chi connectivity index (χ3v) is 6.08. The third-order valence-electron chi connectivity index (χ3n) is 5.84. The van der Waals surface area contributed by atoms with Gasteiger partial charge in [-0.15, -0.1) is 0 Å². The quantitative estimate of drug-likeness (QED) is 0.676. The van der Waals surface area contributed by atoms with Crippen LogP contribution in [0.15, 0.2) is 48.5 Å². The Bertz CT molecular complexity index is 1000. The zero-order valence-electron chi connectivity index (χ0n) is 17.9. The van der Waals surface area contributed by atoms with Crippen molar-refractivity contribution in [2.75, 3.05) is 24.6 Å². The molecule has 2 aromatic carbocycles. The van der Waals surface area contributed by atoms with Crippen LogP contribution in [0.5, 0.6) is 5.75 Å². The molecular weight excluding hydrogens is 430 g/mol. The minimum atomic E-state index is -0.547. The molecule has 1 atom stereocenters. The maximum absolute atomic E-state index is 12.9. The number of imide groups is 1. The highest BCUT2D eigenvalue weighted by molar-refractivity contribution is 6.31.